The summed E-state index contributed by atoms with van der Waals surface area (Å²) in [7, 11) is 0. The third kappa shape index (κ3) is 7.63. The van der Waals surface area contributed by atoms with Gasteiger partial charge in [-0.15, -0.1) is 0 Å². The molecule has 0 fully saturated rings. The largest absolute Gasteiger partial charge is 0.370 e. The molecule has 0 aromatic carbocycles. The van der Waals surface area contributed by atoms with Gasteiger partial charge in [0.2, 0.25) is 18.6 Å². The Morgan fingerprint density at radius 3 is 2.67 bits per heavy atom. The van der Waals surface area contributed by atoms with Crippen LogP contribution >= 0.6 is 0 Å². The molecule has 1 unspecified atom stereocenters. The van der Waals surface area contributed by atoms with Crippen molar-refractivity contribution in [3.05, 3.63) is 0 Å². The Bertz CT molecular complexity index is 220. The van der Waals surface area contributed by atoms with E-state index >= 15 is 0 Å². The predicted octanol–water partition coefficient (Wildman–Crippen LogP) is -0.394. The molecular weight excluding hydrogens is 200 g/mol. The minimum absolute atomic E-state index is 0.0659. The fourth-order valence-electron chi connectivity index (χ4n) is 1.15. The van der Waals surface area contributed by atoms with Crippen LogP contribution in [0, 0.1) is 5.92 Å². The van der Waals surface area contributed by atoms with Crippen LogP contribution in [0.2, 0.25) is 0 Å². The number of hydrogen-bond acceptors (Lipinski definition) is 4. The zero-order valence-corrected chi connectivity index (χ0v) is 8.39. The summed E-state index contributed by atoms with van der Waals surface area (Å²) in [5.41, 5.74) is 4.93. The number of hydrogen-bond donors (Lipinski definition) is 2. The fraction of sp³-hybridized carbons (Fsp3) is 0.667. The molecule has 6 heteroatoms. The maximum absolute atomic E-state index is 10.4. The minimum atomic E-state index is -0.520. The lowest BCUT2D eigenvalue weighted by molar-refractivity contribution is -0.151. The molecule has 0 saturated heterocycles. The smallest absolute Gasteiger partial charge is 0.233 e. The van der Waals surface area contributed by atoms with Gasteiger partial charge in [-0.1, -0.05) is 6.42 Å². The fourth-order valence-corrected chi connectivity index (χ4v) is 1.15. The average Bonchev–Trinajstić information content (AvgIpc) is 2.21. The van der Waals surface area contributed by atoms with Crippen molar-refractivity contribution in [3.63, 3.8) is 0 Å². The Morgan fingerprint density at radius 1 is 1.53 bits per heavy atom. The van der Waals surface area contributed by atoms with Crippen molar-refractivity contribution >= 4 is 18.6 Å². The zero-order chi connectivity index (χ0) is 11.7. The van der Waals surface area contributed by atoms with E-state index in [1.54, 1.807) is 6.29 Å². The van der Waals surface area contributed by atoms with Crippen molar-refractivity contribution in [2.24, 2.45) is 11.7 Å². The minimum Gasteiger partial charge on any atom is -0.370 e. The molecule has 0 aromatic rings. The topological polar surface area (TPSA) is 101 Å². The van der Waals surface area contributed by atoms with E-state index in [4.69, 9.17) is 10.9 Å². The van der Waals surface area contributed by atoms with Crippen molar-refractivity contribution in [1.82, 2.24) is 5.06 Å². The van der Waals surface area contributed by atoms with Crippen LogP contribution in [0.25, 0.3) is 0 Å². The number of nitrogens with two attached hydrogens (primary N) is 1. The summed E-state index contributed by atoms with van der Waals surface area (Å²) in [4.78, 5) is 30.9. The average molecular weight is 215 g/mol. The number of carbonyl (C=O) groups is 2. The summed E-state index contributed by atoms with van der Waals surface area (Å²) in [5, 5.41) is 9.22. The van der Waals surface area contributed by atoms with Crippen LogP contribution in [0.5, 0.6) is 0 Å². The molecule has 85 valence electrons. The Balaban J connectivity index is 3.65. The highest BCUT2D eigenvalue weighted by Crippen LogP contribution is 2.08. The second-order valence-corrected chi connectivity index (χ2v) is 3.25. The van der Waals surface area contributed by atoms with Crippen LogP contribution in [-0.4, -0.2) is 35.4 Å². The van der Waals surface area contributed by atoms with Crippen molar-refractivity contribution < 1.29 is 19.6 Å². The molecule has 3 N–H and O–H groups in total. The van der Waals surface area contributed by atoms with Crippen molar-refractivity contribution in [2.45, 2.75) is 25.7 Å². The van der Waals surface area contributed by atoms with Crippen molar-refractivity contribution in [1.29, 1.82) is 0 Å². The molecular formula is C9H15N2O4. The molecule has 1 radical (unpaired) electrons. The van der Waals surface area contributed by atoms with Gasteiger partial charge in [-0.25, -0.2) is 5.06 Å². The van der Waals surface area contributed by atoms with Gasteiger partial charge in [-0.2, -0.15) is 0 Å². The highest BCUT2D eigenvalue weighted by atomic mass is 16.5. The van der Waals surface area contributed by atoms with Gasteiger partial charge in [0, 0.05) is 12.3 Å². The molecule has 15 heavy (non-hydrogen) atoms. The zero-order valence-electron chi connectivity index (χ0n) is 8.39. The predicted molar refractivity (Wildman–Crippen MR) is 51.4 cm³/mol. The SMILES string of the molecule is NC(=O)CCCCC([C]=O)CN(O)C=O. The standard InChI is InChI=1S/C9H15N2O4/c10-9(14)4-2-1-3-8(6-12)5-11(15)7-13/h7-8,15H,1-5H2,(H2,10,14). The van der Waals surface area contributed by atoms with Crippen LogP contribution < -0.4 is 5.73 Å². The van der Waals surface area contributed by atoms with Gasteiger partial charge in [0.15, 0.2) is 0 Å². The van der Waals surface area contributed by atoms with E-state index in [0.717, 1.165) is 0 Å². The van der Waals surface area contributed by atoms with Crippen molar-refractivity contribution in [3.8, 4) is 0 Å². The second-order valence-electron chi connectivity index (χ2n) is 3.25. The maximum atomic E-state index is 10.4. The lowest BCUT2D eigenvalue weighted by Crippen LogP contribution is -2.25. The second kappa shape index (κ2) is 7.93. The Morgan fingerprint density at radius 2 is 2.20 bits per heavy atom. The van der Waals surface area contributed by atoms with E-state index in [0.29, 0.717) is 24.3 Å². The number of rotatable bonds is 9. The summed E-state index contributed by atoms with van der Waals surface area (Å²) < 4.78 is 0. The molecule has 0 aliphatic rings. The molecule has 0 heterocycles. The van der Waals surface area contributed by atoms with Crippen LogP contribution in [0.3, 0.4) is 0 Å². The first-order chi connectivity index (χ1) is 7.10. The van der Waals surface area contributed by atoms with E-state index in [1.165, 1.54) is 0 Å². The van der Waals surface area contributed by atoms with Gasteiger partial charge < -0.3 is 5.73 Å². The maximum Gasteiger partial charge on any atom is 0.233 e. The number of hydroxylamine groups is 2. The molecule has 0 rings (SSSR count). The molecule has 0 bridgehead atoms. The summed E-state index contributed by atoms with van der Waals surface area (Å²) in [6, 6.07) is 0. The molecule has 6 nitrogen and oxygen atoms in total. The van der Waals surface area contributed by atoms with E-state index in [-0.39, 0.29) is 25.3 Å². The summed E-state index contributed by atoms with van der Waals surface area (Å²) in [6.07, 6.45) is 3.94. The Labute approximate surface area is 88.0 Å². The lowest BCUT2D eigenvalue weighted by Gasteiger charge is -2.13. The summed E-state index contributed by atoms with van der Waals surface area (Å²) in [5.74, 6) is -0.897. The number of carbonyl (C=O) groups excluding carboxylic acids is 3. The first kappa shape index (κ1) is 13.6. The molecule has 0 aromatic heterocycles. The first-order valence-corrected chi connectivity index (χ1v) is 4.67. The van der Waals surface area contributed by atoms with Crippen LogP contribution in [0.15, 0.2) is 0 Å². The van der Waals surface area contributed by atoms with E-state index in [2.05, 4.69) is 0 Å². The van der Waals surface area contributed by atoms with Crippen LogP contribution in [0.1, 0.15) is 25.7 Å². The molecule has 0 saturated carbocycles. The van der Waals surface area contributed by atoms with Gasteiger partial charge in [0.05, 0.1) is 6.54 Å². The van der Waals surface area contributed by atoms with Gasteiger partial charge in [-0.3, -0.25) is 19.6 Å². The van der Waals surface area contributed by atoms with Crippen LogP contribution in [-0.2, 0) is 14.4 Å². The van der Waals surface area contributed by atoms with Gasteiger partial charge in [0.1, 0.15) is 0 Å². The monoisotopic (exact) mass is 215 g/mol. The van der Waals surface area contributed by atoms with Gasteiger partial charge in [0.25, 0.3) is 0 Å². The normalized spacial score (nSPS) is 11.8. The quantitative estimate of drug-likeness (QED) is 0.236. The van der Waals surface area contributed by atoms with E-state index in [1.807, 2.05) is 0 Å². The van der Waals surface area contributed by atoms with Crippen LogP contribution in [0.4, 0.5) is 0 Å². The molecule has 0 spiro atoms. The molecule has 1 atom stereocenters. The van der Waals surface area contributed by atoms with E-state index < -0.39 is 5.92 Å². The molecule has 0 aliphatic heterocycles. The summed E-state index contributed by atoms with van der Waals surface area (Å²) in [6.45, 7) is -0.0659. The van der Waals surface area contributed by atoms with E-state index in [9.17, 15) is 14.4 Å². The third-order valence-corrected chi connectivity index (χ3v) is 1.92. The highest BCUT2D eigenvalue weighted by Gasteiger charge is 2.11. The summed E-state index contributed by atoms with van der Waals surface area (Å²) >= 11 is 0. The number of amides is 2. The number of unbranched alkanes of at least 4 members (excludes halogenated alkanes) is 1. The number of primary amides is 1. The number of nitrogens with zero attached hydrogens (tertiary/aromatic N) is 1. The Kier molecular flexibility index (Phi) is 7.17. The van der Waals surface area contributed by atoms with Gasteiger partial charge >= 0.3 is 0 Å². The highest BCUT2D eigenvalue weighted by molar-refractivity contribution is 5.73. The van der Waals surface area contributed by atoms with Crippen molar-refractivity contribution in [2.75, 3.05) is 6.54 Å². The van der Waals surface area contributed by atoms with Gasteiger partial charge in [-0.05, 0) is 12.8 Å². The third-order valence-electron chi connectivity index (χ3n) is 1.92. The lowest BCUT2D eigenvalue weighted by atomic mass is 10.0. The molecule has 2 amide bonds. The molecule has 0 aliphatic carbocycles. The Hall–Kier alpha value is -1.43. The first-order valence-electron chi connectivity index (χ1n) is 4.67.